The quantitative estimate of drug-likeness (QED) is 0.821. The number of rotatable bonds is 6. The molecule has 26 heavy (non-hydrogen) atoms. The fraction of sp³-hybridized carbons (Fsp3) is 0.316. The summed E-state index contributed by atoms with van der Waals surface area (Å²) in [6, 6.07) is 8.47. The number of urea groups is 1. The summed E-state index contributed by atoms with van der Waals surface area (Å²) < 4.78 is 36.7. The van der Waals surface area contributed by atoms with Crippen LogP contribution in [0.15, 0.2) is 36.4 Å². The van der Waals surface area contributed by atoms with E-state index in [9.17, 15) is 13.6 Å². The Morgan fingerprint density at radius 1 is 1.04 bits per heavy atom. The highest BCUT2D eigenvalue weighted by molar-refractivity contribution is 5.89. The van der Waals surface area contributed by atoms with E-state index in [0.29, 0.717) is 18.0 Å². The summed E-state index contributed by atoms with van der Waals surface area (Å²) >= 11 is 0. The van der Waals surface area contributed by atoms with Gasteiger partial charge >= 0.3 is 6.03 Å². The number of nitrogens with one attached hydrogen (secondary N) is 2. The molecule has 1 aliphatic rings. The topological polar surface area (TPSA) is 59.6 Å². The molecule has 0 heterocycles. The van der Waals surface area contributed by atoms with Crippen molar-refractivity contribution in [3.05, 3.63) is 53.6 Å². The maximum Gasteiger partial charge on any atom is 0.319 e. The van der Waals surface area contributed by atoms with E-state index in [1.54, 1.807) is 14.2 Å². The van der Waals surface area contributed by atoms with Crippen molar-refractivity contribution >= 4 is 11.7 Å². The van der Waals surface area contributed by atoms with Crippen LogP contribution in [0.4, 0.5) is 19.3 Å². The van der Waals surface area contributed by atoms with Gasteiger partial charge in [0.15, 0.2) is 23.1 Å². The molecule has 2 aromatic carbocycles. The number of anilines is 1. The van der Waals surface area contributed by atoms with E-state index in [-0.39, 0.29) is 11.1 Å². The van der Waals surface area contributed by atoms with Crippen LogP contribution in [0.25, 0.3) is 0 Å². The second-order valence-corrected chi connectivity index (χ2v) is 6.29. The van der Waals surface area contributed by atoms with Gasteiger partial charge in [-0.3, -0.25) is 0 Å². The summed E-state index contributed by atoms with van der Waals surface area (Å²) in [6.07, 6.45) is 1.88. The van der Waals surface area contributed by atoms with Gasteiger partial charge in [0, 0.05) is 23.7 Å². The molecule has 0 atom stereocenters. The molecular formula is C19H20F2N2O3. The maximum absolute atomic E-state index is 13.2. The molecule has 0 aromatic heterocycles. The van der Waals surface area contributed by atoms with Crippen molar-refractivity contribution < 1.29 is 23.0 Å². The van der Waals surface area contributed by atoms with E-state index in [1.165, 1.54) is 6.07 Å². The first-order chi connectivity index (χ1) is 12.5. The molecule has 0 radical (unpaired) electrons. The van der Waals surface area contributed by atoms with Gasteiger partial charge in [-0.2, -0.15) is 0 Å². The van der Waals surface area contributed by atoms with E-state index < -0.39 is 17.7 Å². The molecule has 138 valence electrons. The normalized spacial score (nSPS) is 14.5. The minimum absolute atomic E-state index is 0.148. The second-order valence-electron chi connectivity index (χ2n) is 6.29. The van der Waals surface area contributed by atoms with Crippen LogP contribution in [-0.2, 0) is 5.41 Å². The van der Waals surface area contributed by atoms with Crippen molar-refractivity contribution in [2.75, 3.05) is 26.1 Å². The molecule has 5 nitrogen and oxygen atoms in total. The number of amides is 2. The van der Waals surface area contributed by atoms with Crippen LogP contribution in [0.2, 0.25) is 0 Å². The van der Waals surface area contributed by atoms with E-state index >= 15 is 0 Å². The highest BCUT2D eigenvalue weighted by atomic mass is 19.2. The summed E-state index contributed by atoms with van der Waals surface area (Å²) in [7, 11) is 3.16. The number of methoxy groups -OCH3 is 2. The Morgan fingerprint density at radius 2 is 1.77 bits per heavy atom. The molecule has 1 saturated carbocycles. The first-order valence-electron chi connectivity index (χ1n) is 8.20. The van der Waals surface area contributed by atoms with Crippen molar-refractivity contribution in [3.8, 4) is 11.5 Å². The van der Waals surface area contributed by atoms with Crippen molar-refractivity contribution in [1.82, 2.24) is 5.32 Å². The minimum Gasteiger partial charge on any atom is -0.493 e. The van der Waals surface area contributed by atoms with Gasteiger partial charge in [0.2, 0.25) is 0 Å². The molecule has 0 bridgehead atoms. The SMILES string of the molecule is COc1ccc(C2(CNC(=O)Nc3ccc(F)c(F)c3)CC2)cc1OC. The predicted molar refractivity (Wildman–Crippen MR) is 93.8 cm³/mol. The summed E-state index contributed by atoms with van der Waals surface area (Å²) in [5, 5.41) is 5.30. The Bertz CT molecular complexity index is 822. The van der Waals surface area contributed by atoms with Crippen molar-refractivity contribution in [2.45, 2.75) is 18.3 Å². The zero-order chi connectivity index (χ0) is 18.7. The molecule has 1 aliphatic carbocycles. The third kappa shape index (κ3) is 3.71. The van der Waals surface area contributed by atoms with Crippen LogP contribution in [0.3, 0.4) is 0 Å². The molecule has 7 heteroatoms. The van der Waals surface area contributed by atoms with Gasteiger partial charge < -0.3 is 20.1 Å². The lowest BCUT2D eigenvalue weighted by Gasteiger charge is -2.19. The monoisotopic (exact) mass is 362 g/mol. The molecule has 1 fully saturated rings. The number of halogens is 2. The van der Waals surface area contributed by atoms with Crippen molar-refractivity contribution in [3.63, 3.8) is 0 Å². The van der Waals surface area contributed by atoms with E-state index in [1.807, 2.05) is 18.2 Å². The van der Waals surface area contributed by atoms with E-state index in [4.69, 9.17) is 9.47 Å². The van der Waals surface area contributed by atoms with E-state index in [2.05, 4.69) is 10.6 Å². The van der Waals surface area contributed by atoms with Crippen LogP contribution in [0.5, 0.6) is 11.5 Å². The Labute approximate surface area is 150 Å². The van der Waals surface area contributed by atoms with Crippen molar-refractivity contribution in [1.29, 1.82) is 0 Å². The fourth-order valence-corrected chi connectivity index (χ4v) is 2.88. The number of hydrogen-bond donors (Lipinski definition) is 2. The predicted octanol–water partition coefficient (Wildman–Crippen LogP) is 3.84. The number of benzene rings is 2. The van der Waals surface area contributed by atoms with Gasteiger partial charge in [-0.1, -0.05) is 6.07 Å². The number of carbonyl (C=O) groups excluding carboxylic acids is 1. The number of hydrogen-bond acceptors (Lipinski definition) is 3. The average Bonchev–Trinajstić information content (AvgIpc) is 3.44. The molecule has 3 rings (SSSR count). The molecular weight excluding hydrogens is 342 g/mol. The van der Waals surface area contributed by atoms with E-state index in [0.717, 1.165) is 30.5 Å². The molecule has 0 aliphatic heterocycles. The van der Waals surface area contributed by atoms with Gasteiger partial charge in [0.25, 0.3) is 0 Å². The number of carbonyl (C=O) groups is 1. The van der Waals surface area contributed by atoms with Crippen LogP contribution in [0.1, 0.15) is 18.4 Å². The van der Waals surface area contributed by atoms with Gasteiger partial charge in [0.1, 0.15) is 0 Å². The van der Waals surface area contributed by atoms with Crippen molar-refractivity contribution in [2.24, 2.45) is 0 Å². The molecule has 0 spiro atoms. The van der Waals surface area contributed by atoms with Crippen LogP contribution >= 0.6 is 0 Å². The first kappa shape index (κ1) is 18.0. The highest BCUT2D eigenvalue weighted by Gasteiger charge is 2.44. The Morgan fingerprint density at radius 3 is 2.38 bits per heavy atom. The van der Waals surface area contributed by atoms with Crippen LogP contribution < -0.4 is 20.1 Å². The lowest BCUT2D eigenvalue weighted by atomic mass is 9.95. The maximum atomic E-state index is 13.2. The molecule has 0 unspecified atom stereocenters. The van der Waals surface area contributed by atoms with Gasteiger partial charge in [-0.15, -0.1) is 0 Å². The zero-order valence-electron chi connectivity index (χ0n) is 14.6. The Balaban J connectivity index is 1.63. The van der Waals surface area contributed by atoms with Gasteiger partial charge in [-0.25, -0.2) is 13.6 Å². The second kappa shape index (κ2) is 7.19. The lowest BCUT2D eigenvalue weighted by molar-refractivity contribution is 0.251. The zero-order valence-corrected chi connectivity index (χ0v) is 14.6. The summed E-state index contributed by atoms with van der Waals surface area (Å²) in [5.74, 6) is -0.674. The number of ether oxygens (including phenoxy) is 2. The van der Waals surface area contributed by atoms with Crippen LogP contribution in [0, 0.1) is 11.6 Å². The standard InChI is InChI=1S/C19H20F2N2O3/c1-25-16-6-3-12(9-17(16)26-2)19(7-8-19)11-22-18(24)23-13-4-5-14(20)15(21)10-13/h3-6,9-10H,7-8,11H2,1-2H3,(H2,22,23,24). The summed E-state index contributed by atoms with van der Waals surface area (Å²) in [5.41, 5.74) is 1.10. The minimum atomic E-state index is -1.01. The smallest absolute Gasteiger partial charge is 0.319 e. The average molecular weight is 362 g/mol. The summed E-state index contributed by atoms with van der Waals surface area (Å²) in [4.78, 5) is 12.1. The third-order valence-electron chi connectivity index (χ3n) is 4.61. The summed E-state index contributed by atoms with van der Waals surface area (Å²) in [6.45, 7) is 0.429. The fourth-order valence-electron chi connectivity index (χ4n) is 2.88. The molecule has 2 aromatic rings. The van der Waals surface area contributed by atoms with Crippen LogP contribution in [-0.4, -0.2) is 26.8 Å². The van der Waals surface area contributed by atoms with Gasteiger partial charge in [0.05, 0.1) is 14.2 Å². The Hall–Kier alpha value is -2.83. The van der Waals surface area contributed by atoms with Gasteiger partial charge in [-0.05, 0) is 42.7 Å². The molecule has 2 amide bonds. The first-order valence-corrected chi connectivity index (χ1v) is 8.20. The Kier molecular flexibility index (Phi) is 4.97. The third-order valence-corrected chi connectivity index (χ3v) is 4.61. The largest absolute Gasteiger partial charge is 0.493 e. The molecule has 2 N–H and O–H groups in total. The highest BCUT2D eigenvalue weighted by Crippen LogP contribution is 2.49. The lowest BCUT2D eigenvalue weighted by Crippen LogP contribution is -2.35. The molecule has 0 saturated heterocycles.